The smallest absolute Gasteiger partial charge is 0.231 e. The van der Waals surface area contributed by atoms with Gasteiger partial charge in [-0.2, -0.15) is 0 Å². The first-order valence-corrected chi connectivity index (χ1v) is 6.99. The molecule has 0 amide bonds. The molecule has 23 heavy (non-hydrogen) atoms. The number of ketones is 1. The summed E-state index contributed by atoms with van der Waals surface area (Å²) in [7, 11) is 3.08. The maximum atomic E-state index is 12.5. The Hall–Kier alpha value is -2.89. The fraction of sp³-hybridized carbons (Fsp3) is 0.235. The van der Waals surface area contributed by atoms with Gasteiger partial charge in [0, 0.05) is 12.5 Å². The van der Waals surface area contributed by atoms with E-state index in [0.29, 0.717) is 23.0 Å². The molecule has 0 radical (unpaired) electrons. The van der Waals surface area contributed by atoms with Gasteiger partial charge in [-0.05, 0) is 23.8 Å². The minimum atomic E-state index is -0.229. The topological polar surface area (TPSA) is 74.2 Å². The Morgan fingerprint density at radius 2 is 1.78 bits per heavy atom. The summed E-state index contributed by atoms with van der Waals surface area (Å²) in [5.41, 5.74) is 0.953. The zero-order valence-corrected chi connectivity index (χ0v) is 12.8. The monoisotopic (exact) mass is 316 g/mol. The molecule has 0 saturated carbocycles. The quantitative estimate of drug-likeness (QED) is 0.855. The molecule has 3 rings (SSSR count). The Bertz CT molecular complexity index is 753. The van der Waals surface area contributed by atoms with E-state index in [-0.39, 0.29) is 30.3 Å². The number of aromatic hydroxyl groups is 1. The Labute approximate surface area is 133 Å². The van der Waals surface area contributed by atoms with Crippen LogP contribution in [-0.4, -0.2) is 31.9 Å². The van der Waals surface area contributed by atoms with Gasteiger partial charge in [0.1, 0.15) is 5.75 Å². The molecule has 0 atom stereocenters. The fourth-order valence-electron chi connectivity index (χ4n) is 2.43. The van der Waals surface area contributed by atoms with E-state index in [9.17, 15) is 9.90 Å². The van der Waals surface area contributed by atoms with Crippen LogP contribution in [0.25, 0.3) is 0 Å². The zero-order chi connectivity index (χ0) is 16.4. The van der Waals surface area contributed by atoms with Crippen molar-refractivity contribution in [2.24, 2.45) is 0 Å². The van der Waals surface area contributed by atoms with E-state index in [1.807, 2.05) is 0 Å². The van der Waals surface area contributed by atoms with Gasteiger partial charge in [0.2, 0.25) is 6.79 Å². The van der Waals surface area contributed by atoms with E-state index in [0.717, 1.165) is 5.56 Å². The first kappa shape index (κ1) is 15.0. The molecule has 0 aromatic heterocycles. The highest BCUT2D eigenvalue weighted by Gasteiger charge is 2.21. The van der Waals surface area contributed by atoms with Crippen molar-refractivity contribution in [2.75, 3.05) is 21.0 Å². The van der Waals surface area contributed by atoms with Gasteiger partial charge in [0.05, 0.1) is 19.8 Å². The average molecular weight is 316 g/mol. The van der Waals surface area contributed by atoms with Crippen LogP contribution in [-0.2, 0) is 6.42 Å². The standard InChI is InChI=1S/C17H16O6/c1-20-14-4-3-10(6-15(14)21-2)5-12(18)11-7-16-17(8-13(11)19)23-9-22-16/h3-4,6-8,19H,5,9H2,1-2H3. The third-order valence-corrected chi connectivity index (χ3v) is 3.60. The van der Waals surface area contributed by atoms with Crippen molar-refractivity contribution in [3.8, 4) is 28.7 Å². The van der Waals surface area contributed by atoms with E-state index in [4.69, 9.17) is 18.9 Å². The van der Waals surface area contributed by atoms with Gasteiger partial charge in [-0.3, -0.25) is 4.79 Å². The van der Waals surface area contributed by atoms with Gasteiger partial charge < -0.3 is 24.1 Å². The number of carbonyl (C=O) groups excluding carboxylic acids is 1. The third kappa shape index (κ3) is 2.88. The molecule has 0 aliphatic carbocycles. The number of methoxy groups -OCH3 is 2. The summed E-state index contributed by atoms with van der Waals surface area (Å²) in [6.07, 6.45) is 0.119. The SMILES string of the molecule is COc1ccc(CC(=O)c2cc3c(cc2O)OCO3)cc1OC. The van der Waals surface area contributed by atoms with Crippen LogP contribution < -0.4 is 18.9 Å². The molecule has 0 fully saturated rings. The number of rotatable bonds is 5. The molecule has 2 aromatic carbocycles. The zero-order valence-electron chi connectivity index (χ0n) is 12.8. The molecule has 6 nitrogen and oxygen atoms in total. The van der Waals surface area contributed by atoms with Crippen LogP contribution in [0.5, 0.6) is 28.7 Å². The van der Waals surface area contributed by atoms with Gasteiger partial charge in [-0.1, -0.05) is 6.07 Å². The number of phenolic OH excluding ortho intramolecular Hbond substituents is 1. The predicted molar refractivity (Wildman–Crippen MR) is 81.8 cm³/mol. The maximum Gasteiger partial charge on any atom is 0.231 e. The molecule has 0 saturated heterocycles. The van der Waals surface area contributed by atoms with Gasteiger partial charge >= 0.3 is 0 Å². The number of ether oxygens (including phenoxy) is 4. The van der Waals surface area contributed by atoms with Crippen LogP contribution in [0.2, 0.25) is 0 Å². The molecule has 0 unspecified atom stereocenters. The van der Waals surface area contributed by atoms with E-state index in [1.54, 1.807) is 25.3 Å². The van der Waals surface area contributed by atoms with Crippen molar-refractivity contribution in [3.63, 3.8) is 0 Å². The second-order valence-corrected chi connectivity index (χ2v) is 5.01. The summed E-state index contributed by atoms with van der Waals surface area (Å²) in [4.78, 5) is 12.5. The second kappa shape index (κ2) is 6.08. The van der Waals surface area contributed by atoms with Crippen LogP contribution in [0.15, 0.2) is 30.3 Å². The number of carbonyl (C=O) groups is 1. The van der Waals surface area contributed by atoms with Crippen molar-refractivity contribution < 1.29 is 28.8 Å². The number of benzene rings is 2. The summed E-state index contributed by atoms with van der Waals surface area (Å²) < 4.78 is 20.8. The molecule has 1 aliphatic rings. The van der Waals surface area contributed by atoms with E-state index < -0.39 is 0 Å². The first-order chi connectivity index (χ1) is 11.1. The lowest BCUT2D eigenvalue weighted by atomic mass is 10.0. The Morgan fingerprint density at radius 1 is 1.09 bits per heavy atom. The first-order valence-electron chi connectivity index (χ1n) is 6.99. The number of Topliss-reactive ketones (excluding diaryl/α,β-unsaturated/α-hetero) is 1. The molecule has 0 spiro atoms. The summed E-state index contributed by atoms with van der Waals surface area (Å²) in [5.74, 6) is 1.68. The second-order valence-electron chi connectivity index (χ2n) is 5.01. The number of phenols is 1. The summed E-state index contributed by atoms with van der Waals surface area (Å²) in [6.45, 7) is 0.0854. The Balaban J connectivity index is 1.85. The highest BCUT2D eigenvalue weighted by molar-refractivity contribution is 6.00. The summed E-state index contributed by atoms with van der Waals surface area (Å²) >= 11 is 0. The number of fused-ring (bicyclic) bond motifs is 1. The predicted octanol–water partition coefficient (Wildman–Crippen LogP) is 2.56. The minimum absolute atomic E-state index is 0.0854. The van der Waals surface area contributed by atoms with Crippen LogP contribution in [0.4, 0.5) is 0 Å². The fourth-order valence-corrected chi connectivity index (χ4v) is 2.43. The highest BCUT2D eigenvalue weighted by Crippen LogP contribution is 2.38. The molecule has 1 aliphatic heterocycles. The minimum Gasteiger partial charge on any atom is -0.507 e. The van der Waals surface area contributed by atoms with E-state index in [2.05, 4.69) is 0 Å². The molecular formula is C17H16O6. The Kier molecular flexibility index (Phi) is 3.97. The summed E-state index contributed by atoms with van der Waals surface area (Å²) in [6, 6.07) is 8.15. The van der Waals surface area contributed by atoms with Crippen LogP contribution in [0.3, 0.4) is 0 Å². The summed E-state index contributed by atoms with van der Waals surface area (Å²) in [5, 5.41) is 10.0. The van der Waals surface area contributed by atoms with Crippen molar-refractivity contribution in [1.82, 2.24) is 0 Å². The van der Waals surface area contributed by atoms with Gasteiger partial charge in [-0.25, -0.2) is 0 Å². The average Bonchev–Trinajstić information content (AvgIpc) is 3.00. The highest BCUT2D eigenvalue weighted by atomic mass is 16.7. The molecule has 1 N–H and O–H groups in total. The molecule has 1 heterocycles. The van der Waals surface area contributed by atoms with Crippen molar-refractivity contribution in [3.05, 3.63) is 41.5 Å². The number of hydrogen-bond donors (Lipinski definition) is 1. The molecule has 120 valence electrons. The lowest BCUT2D eigenvalue weighted by molar-refractivity contribution is 0.0990. The Morgan fingerprint density at radius 3 is 2.48 bits per heavy atom. The van der Waals surface area contributed by atoms with Gasteiger partial charge in [0.15, 0.2) is 28.8 Å². The van der Waals surface area contributed by atoms with Crippen LogP contribution in [0, 0.1) is 0 Å². The van der Waals surface area contributed by atoms with Gasteiger partial charge in [-0.15, -0.1) is 0 Å². The number of hydrogen-bond acceptors (Lipinski definition) is 6. The normalized spacial score (nSPS) is 12.1. The van der Waals surface area contributed by atoms with Crippen LogP contribution in [0.1, 0.15) is 15.9 Å². The molecular weight excluding hydrogens is 300 g/mol. The van der Waals surface area contributed by atoms with Crippen molar-refractivity contribution in [1.29, 1.82) is 0 Å². The largest absolute Gasteiger partial charge is 0.507 e. The van der Waals surface area contributed by atoms with Crippen molar-refractivity contribution in [2.45, 2.75) is 6.42 Å². The molecule has 0 bridgehead atoms. The molecule has 2 aromatic rings. The lowest BCUT2D eigenvalue weighted by Gasteiger charge is -2.10. The van der Waals surface area contributed by atoms with Gasteiger partial charge in [0.25, 0.3) is 0 Å². The lowest BCUT2D eigenvalue weighted by Crippen LogP contribution is -2.04. The van der Waals surface area contributed by atoms with Crippen molar-refractivity contribution >= 4 is 5.78 Å². The van der Waals surface area contributed by atoms with E-state index >= 15 is 0 Å². The van der Waals surface area contributed by atoms with Crippen LogP contribution >= 0.6 is 0 Å². The molecule has 6 heteroatoms. The van der Waals surface area contributed by atoms with E-state index in [1.165, 1.54) is 19.2 Å². The maximum absolute atomic E-state index is 12.5. The third-order valence-electron chi connectivity index (χ3n) is 3.60.